The van der Waals surface area contributed by atoms with Gasteiger partial charge in [-0.25, -0.2) is 4.79 Å². The van der Waals surface area contributed by atoms with Crippen molar-refractivity contribution in [2.24, 2.45) is 11.8 Å². The van der Waals surface area contributed by atoms with Gasteiger partial charge < -0.3 is 15.4 Å². The Morgan fingerprint density at radius 1 is 0.973 bits per heavy atom. The highest BCUT2D eigenvalue weighted by atomic mass is 16.5. The zero-order valence-electron chi connectivity index (χ0n) is 21.6. The van der Waals surface area contributed by atoms with Crippen LogP contribution in [0.1, 0.15) is 47.3 Å². The summed E-state index contributed by atoms with van der Waals surface area (Å²) >= 11 is 0. The van der Waals surface area contributed by atoms with E-state index in [4.69, 9.17) is 4.74 Å². The van der Waals surface area contributed by atoms with Crippen LogP contribution in [0.25, 0.3) is 11.3 Å². The largest absolute Gasteiger partial charge is 0.465 e. The maximum atomic E-state index is 13.2. The van der Waals surface area contributed by atoms with E-state index in [1.54, 1.807) is 18.2 Å². The fourth-order valence-electron chi connectivity index (χ4n) is 5.57. The molecule has 6 nitrogen and oxygen atoms in total. The van der Waals surface area contributed by atoms with Crippen molar-refractivity contribution in [1.82, 2.24) is 4.90 Å². The Hall–Kier alpha value is -3.90. The fourth-order valence-corrected chi connectivity index (χ4v) is 5.57. The number of carbonyl (C=O) groups excluding carboxylic acids is 2. The van der Waals surface area contributed by atoms with Crippen molar-refractivity contribution in [3.63, 3.8) is 0 Å². The zero-order valence-corrected chi connectivity index (χ0v) is 21.6. The number of nitrogens with zero attached hydrogens (tertiary/aromatic N) is 1. The number of piperidine rings is 1. The molecule has 2 aliphatic heterocycles. The molecule has 190 valence electrons. The van der Waals surface area contributed by atoms with Gasteiger partial charge in [0.25, 0.3) is 5.91 Å². The van der Waals surface area contributed by atoms with Crippen molar-refractivity contribution in [1.29, 1.82) is 0 Å². The lowest BCUT2D eigenvalue weighted by Gasteiger charge is -2.35. The molecule has 1 fully saturated rings. The van der Waals surface area contributed by atoms with Gasteiger partial charge in [0.05, 0.1) is 29.6 Å². The number of benzene rings is 3. The molecule has 0 aliphatic carbocycles. The lowest BCUT2D eigenvalue weighted by molar-refractivity contribution is -0.110. The lowest BCUT2D eigenvalue weighted by Crippen LogP contribution is -2.38. The molecular weight excluding hydrogens is 462 g/mol. The van der Waals surface area contributed by atoms with Crippen molar-refractivity contribution >= 4 is 34.5 Å². The van der Waals surface area contributed by atoms with Gasteiger partial charge in [-0.3, -0.25) is 9.69 Å². The van der Waals surface area contributed by atoms with Crippen molar-refractivity contribution in [2.75, 3.05) is 30.8 Å². The third kappa shape index (κ3) is 5.44. The summed E-state index contributed by atoms with van der Waals surface area (Å²) in [5.41, 5.74) is 6.07. The standard InChI is InChI=1S/C31H33N3O3/c1-20-15-21(2)18-34(17-20)19-22-9-12-25(13-10-22)32-29(23-7-5-4-6-8-23)28-26-14-11-24(31(36)37-3)16-27(26)33-30(28)35/h4-14,16,20-21,32H,15,17-19H2,1-3H3,(H,33,35)/b29-28-. The third-order valence-corrected chi connectivity index (χ3v) is 7.07. The van der Waals surface area contributed by atoms with Crippen LogP contribution in [0.4, 0.5) is 11.4 Å². The average molecular weight is 496 g/mol. The van der Waals surface area contributed by atoms with Crippen LogP contribution >= 0.6 is 0 Å². The Morgan fingerprint density at radius 3 is 2.35 bits per heavy atom. The first-order valence-electron chi connectivity index (χ1n) is 12.8. The Kier molecular flexibility index (Phi) is 7.10. The Morgan fingerprint density at radius 2 is 1.68 bits per heavy atom. The van der Waals surface area contributed by atoms with Gasteiger partial charge in [0.15, 0.2) is 0 Å². The summed E-state index contributed by atoms with van der Waals surface area (Å²) in [6.07, 6.45) is 1.30. The van der Waals surface area contributed by atoms with E-state index in [9.17, 15) is 9.59 Å². The second-order valence-electron chi connectivity index (χ2n) is 10.3. The number of fused-ring (bicyclic) bond motifs is 1. The monoisotopic (exact) mass is 495 g/mol. The van der Waals surface area contributed by atoms with E-state index in [1.807, 2.05) is 30.3 Å². The first-order chi connectivity index (χ1) is 17.9. The van der Waals surface area contributed by atoms with Crippen LogP contribution in [0.3, 0.4) is 0 Å². The number of rotatable bonds is 6. The number of amides is 1. The number of esters is 1. The van der Waals surface area contributed by atoms with E-state index in [1.165, 1.54) is 19.1 Å². The van der Waals surface area contributed by atoms with E-state index in [-0.39, 0.29) is 5.91 Å². The Labute approximate surface area is 218 Å². The van der Waals surface area contributed by atoms with Crippen molar-refractivity contribution in [3.05, 3.63) is 95.1 Å². The number of nitrogens with one attached hydrogen (secondary N) is 2. The molecule has 0 saturated carbocycles. The van der Waals surface area contributed by atoms with Crippen molar-refractivity contribution < 1.29 is 14.3 Å². The van der Waals surface area contributed by atoms with Gasteiger partial charge in [0.2, 0.25) is 0 Å². The summed E-state index contributed by atoms with van der Waals surface area (Å²) in [7, 11) is 1.34. The number of methoxy groups -OCH3 is 1. The summed E-state index contributed by atoms with van der Waals surface area (Å²) in [4.78, 5) is 27.7. The van der Waals surface area contributed by atoms with Crippen molar-refractivity contribution in [3.8, 4) is 0 Å². The normalized spacial score (nSPS) is 20.7. The van der Waals surface area contributed by atoms with E-state index in [2.05, 4.69) is 53.6 Å². The number of ether oxygens (including phenoxy) is 1. The maximum absolute atomic E-state index is 13.2. The molecular formula is C31H33N3O3. The van der Waals surface area contributed by atoms with Crippen molar-refractivity contribution in [2.45, 2.75) is 26.8 Å². The molecule has 5 rings (SSSR count). The molecule has 2 N–H and O–H groups in total. The van der Waals surface area contributed by atoms with Crippen LogP contribution < -0.4 is 10.6 Å². The Bertz CT molecular complexity index is 1320. The van der Waals surface area contributed by atoms with Crippen LogP contribution in [0, 0.1) is 11.8 Å². The van der Waals surface area contributed by atoms with Gasteiger partial charge in [-0.2, -0.15) is 0 Å². The van der Waals surface area contributed by atoms with E-state index in [0.29, 0.717) is 22.5 Å². The minimum Gasteiger partial charge on any atom is -0.465 e. The van der Waals surface area contributed by atoms with Crippen LogP contribution in [-0.4, -0.2) is 37.0 Å². The maximum Gasteiger partial charge on any atom is 0.337 e. The van der Waals surface area contributed by atoms with Gasteiger partial charge in [-0.1, -0.05) is 62.4 Å². The molecule has 37 heavy (non-hydrogen) atoms. The number of carbonyl (C=O) groups is 2. The number of anilines is 2. The first kappa shape index (κ1) is 24.8. The number of likely N-dealkylation sites (tertiary alicyclic amines) is 1. The van der Waals surface area contributed by atoms with Gasteiger partial charge in [0.1, 0.15) is 0 Å². The molecule has 0 aromatic heterocycles. The zero-order chi connectivity index (χ0) is 25.9. The second-order valence-corrected chi connectivity index (χ2v) is 10.3. The molecule has 3 aromatic rings. The molecule has 2 unspecified atom stereocenters. The molecule has 1 saturated heterocycles. The average Bonchev–Trinajstić information content (AvgIpc) is 3.22. The molecule has 2 aliphatic rings. The van der Waals surface area contributed by atoms with Crippen LogP contribution in [-0.2, 0) is 16.1 Å². The van der Waals surface area contributed by atoms with Gasteiger partial charge in [-0.15, -0.1) is 0 Å². The number of hydrogen-bond donors (Lipinski definition) is 2. The second kappa shape index (κ2) is 10.6. The topological polar surface area (TPSA) is 70.7 Å². The van der Waals surface area contributed by atoms with Crippen LogP contribution in [0.5, 0.6) is 0 Å². The summed E-state index contributed by atoms with van der Waals surface area (Å²) in [5, 5.41) is 6.43. The summed E-state index contributed by atoms with van der Waals surface area (Å²) in [6.45, 7) is 7.89. The highest BCUT2D eigenvalue weighted by Crippen LogP contribution is 2.38. The molecule has 6 heteroatoms. The predicted octanol–water partition coefficient (Wildman–Crippen LogP) is 5.88. The summed E-state index contributed by atoms with van der Waals surface area (Å²) in [5.74, 6) is 0.806. The minimum absolute atomic E-state index is 0.215. The molecule has 2 heterocycles. The first-order valence-corrected chi connectivity index (χ1v) is 12.8. The van der Waals surface area contributed by atoms with Gasteiger partial charge in [0, 0.05) is 30.9 Å². The van der Waals surface area contributed by atoms with Gasteiger partial charge in [-0.05, 0) is 53.6 Å². The van der Waals surface area contributed by atoms with Crippen LogP contribution in [0.2, 0.25) is 0 Å². The van der Waals surface area contributed by atoms with E-state index in [0.717, 1.165) is 48.3 Å². The smallest absolute Gasteiger partial charge is 0.337 e. The quantitative estimate of drug-likeness (QED) is 0.330. The molecule has 3 aromatic carbocycles. The number of hydrogen-bond acceptors (Lipinski definition) is 5. The molecule has 2 atom stereocenters. The summed E-state index contributed by atoms with van der Waals surface area (Å²) < 4.78 is 4.83. The highest BCUT2D eigenvalue weighted by Gasteiger charge is 2.29. The SMILES string of the molecule is COC(=O)c1ccc2c(c1)NC(=O)/C2=C(\Nc1ccc(CN2CC(C)CC(C)C2)cc1)c1ccccc1. The molecule has 0 radical (unpaired) electrons. The fraction of sp³-hybridized carbons (Fsp3) is 0.290. The molecule has 0 spiro atoms. The third-order valence-electron chi connectivity index (χ3n) is 7.07. The molecule has 0 bridgehead atoms. The van der Waals surface area contributed by atoms with E-state index >= 15 is 0 Å². The Balaban J connectivity index is 1.45. The van der Waals surface area contributed by atoms with E-state index < -0.39 is 5.97 Å². The summed E-state index contributed by atoms with van der Waals surface area (Å²) in [6, 6.07) is 23.4. The van der Waals surface area contributed by atoms with Gasteiger partial charge >= 0.3 is 5.97 Å². The lowest BCUT2D eigenvalue weighted by atomic mass is 9.91. The predicted molar refractivity (Wildman–Crippen MR) is 148 cm³/mol. The minimum atomic E-state index is -0.440. The molecule has 1 amide bonds. The highest BCUT2D eigenvalue weighted by molar-refractivity contribution is 6.37. The van der Waals surface area contributed by atoms with Crippen LogP contribution in [0.15, 0.2) is 72.8 Å².